The third-order valence-corrected chi connectivity index (χ3v) is 5.24. The Kier molecular flexibility index (Phi) is 2.66. The zero-order valence-electron chi connectivity index (χ0n) is 7.00. The van der Waals surface area contributed by atoms with E-state index in [1.807, 2.05) is 0 Å². The van der Waals surface area contributed by atoms with Gasteiger partial charge in [-0.3, -0.25) is 0 Å². The van der Waals surface area contributed by atoms with Gasteiger partial charge in [-0.2, -0.15) is 0 Å². The van der Waals surface area contributed by atoms with E-state index in [-0.39, 0.29) is 9.23 Å². The van der Waals surface area contributed by atoms with E-state index in [2.05, 4.69) is 0 Å². The molecule has 0 aliphatic carbocycles. The first-order valence-corrected chi connectivity index (χ1v) is 7.21. The van der Waals surface area contributed by atoms with Crippen molar-refractivity contribution in [3.63, 3.8) is 0 Å². The van der Waals surface area contributed by atoms with Gasteiger partial charge in [0.15, 0.2) is 0 Å². The predicted molar refractivity (Wildman–Crippen MR) is 59.8 cm³/mol. The van der Waals surface area contributed by atoms with Crippen molar-refractivity contribution in [2.24, 2.45) is 0 Å². The first kappa shape index (κ1) is 11.1. The Labute approximate surface area is 98.7 Å². The van der Waals surface area contributed by atoms with E-state index in [1.165, 1.54) is 18.2 Å². The SMILES string of the molecule is O=S(=O)(Cl)c1cc2cc(F)c(Cl)cc2s1. The highest BCUT2D eigenvalue weighted by Gasteiger charge is 2.15. The highest BCUT2D eigenvalue weighted by Crippen LogP contribution is 2.33. The van der Waals surface area contributed by atoms with Gasteiger partial charge in [0.25, 0.3) is 9.05 Å². The standard InChI is InChI=1S/C8H3Cl2FO2S2/c9-5-3-7-4(1-6(5)11)2-8(14-7)15(10,12)13/h1-3H. The molecule has 0 aliphatic rings. The molecule has 15 heavy (non-hydrogen) atoms. The van der Waals surface area contributed by atoms with Crippen molar-refractivity contribution in [3.05, 3.63) is 29.0 Å². The van der Waals surface area contributed by atoms with Crippen molar-refractivity contribution in [2.75, 3.05) is 0 Å². The summed E-state index contributed by atoms with van der Waals surface area (Å²) in [5.41, 5.74) is 0. The number of hydrogen-bond acceptors (Lipinski definition) is 3. The van der Waals surface area contributed by atoms with Crippen molar-refractivity contribution in [1.29, 1.82) is 0 Å². The minimum absolute atomic E-state index is 0.0131. The molecule has 0 saturated carbocycles. The van der Waals surface area contributed by atoms with Crippen LogP contribution in [-0.4, -0.2) is 8.42 Å². The predicted octanol–water partition coefficient (Wildman–Crippen LogP) is 3.62. The first-order valence-electron chi connectivity index (χ1n) is 3.71. The maximum atomic E-state index is 13.0. The molecule has 2 nitrogen and oxygen atoms in total. The molecule has 2 rings (SSSR count). The quantitative estimate of drug-likeness (QED) is 0.750. The average Bonchev–Trinajstić information content (AvgIpc) is 2.47. The molecule has 7 heteroatoms. The van der Waals surface area contributed by atoms with Gasteiger partial charge in [-0.15, -0.1) is 11.3 Å². The molecule has 0 saturated heterocycles. The minimum Gasteiger partial charge on any atom is -0.206 e. The maximum Gasteiger partial charge on any atom is 0.270 e. The lowest BCUT2D eigenvalue weighted by Crippen LogP contribution is -1.83. The van der Waals surface area contributed by atoms with E-state index in [1.54, 1.807) is 0 Å². The van der Waals surface area contributed by atoms with E-state index < -0.39 is 14.9 Å². The van der Waals surface area contributed by atoms with Crippen LogP contribution in [0.2, 0.25) is 5.02 Å². The minimum atomic E-state index is -3.77. The lowest BCUT2D eigenvalue weighted by molar-refractivity contribution is 0.611. The van der Waals surface area contributed by atoms with Gasteiger partial charge in [-0.25, -0.2) is 12.8 Å². The second-order valence-electron chi connectivity index (χ2n) is 2.81. The lowest BCUT2D eigenvalue weighted by atomic mass is 10.2. The van der Waals surface area contributed by atoms with Gasteiger partial charge in [0, 0.05) is 15.4 Å². The largest absolute Gasteiger partial charge is 0.270 e. The summed E-state index contributed by atoms with van der Waals surface area (Å²) >= 11 is 6.52. The molecule has 80 valence electrons. The van der Waals surface area contributed by atoms with Crippen LogP contribution in [0.4, 0.5) is 4.39 Å². The summed E-state index contributed by atoms with van der Waals surface area (Å²) in [6.07, 6.45) is 0. The molecular weight excluding hydrogens is 282 g/mol. The van der Waals surface area contributed by atoms with Gasteiger partial charge in [0.2, 0.25) is 0 Å². The summed E-state index contributed by atoms with van der Waals surface area (Å²) in [6, 6.07) is 3.88. The van der Waals surface area contributed by atoms with E-state index >= 15 is 0 Å². The number of fused-ring (bicyclic) bond motifs is 1. The van der Waals surface area contributed by atoms with Crippen LogP contribution in [0.1, 0.15) is 0 Å². The van der Waals surface area contributed by atoms with Crippen LogP contribution in [0.3, 0.4) is 0 Å². The first-order chi connectivity index (χ1) is 6.88. The Morgan fingerprint density at radius 1 is 1.27 bits per heavy atom. The van der Waals surface area contributed by atoms with Crippen molar-refractivity contribution < 1.29 is 12.8 Å². The van der Waals surface area contributed by atoms with Gasteiger partial charge in [-0.05, 0) is 23.6 Å². The fraction of sp³-hybridized carbons (Fsp3) is 0. The number of thiophene rings is 1. The van der Waals surface area contributed by atoms with Gasteiger partial charge in [0.05, 0.1) is 5.02 Å². The molecule has 0 fully saturated rings. The number of rotatable bonds is 1. The van der Waals surface area contributed by atoms with E-state index in [0.29, 0.717) is 10.1 Å². The molecule has 2 aromatic rings. The summed E-state index contributed by atoms with van der Waals surface area (Å²) in [5, 5.41) is 0.434. The zero-order chi connectivity index (χ0) is 11.2. The van der Waals surface area contributed by atoms with Crippen LogP contribution in [0.5, 0.6) is 0 Å². The van der Waals surface area contributed by atoms with Crippen LogP contribution < -0.4 is 0 Å². The van der Waals surface area contributed by atoms with E-state index in [4.69, 9.17) is 22.3 Å². The Bertz CT molecular complexity index is 594. The van der Waals surface area contributed by atoms with E-state index in [0.717, 1.165) is 11.3 Å². The summed E-state index contributed by atoms with van der Waals surface area (Å²) < 4.78 is 35.7. The number of halogens is 3. The van der Waals surface area contributed by atoms with Crippen LogP contribution in [0, 0.1) is 5.82 Å². The van der Waals surface area contributed by atoms with Crippen LogP contribution >= 0.6 is 33.6 Å². The molecule has 0 amide bonds. The Morgan fingerprint density at radius 3 is 2.53 bits per heavy atom. The van der Waals surface area contributed by atoms with Crippen LogP contribution in [-0.2, 0) is 9.05 Å². The van der Waals surface area contributed by atoms with Crippen molar-refractivity contribution in [2.45, 2.75) is 4.21 Å². The third kappa shape index (κ3) is 2.10. The van der Waals surface area contributed by atoms with Gasteiger partial charge in [0.1, 0.15) is 10.0 Å². The lowest BCUT2D eigenvalue weighted by Gasteiger charge is -1.92. The highest BCUT2D eigenvalue weighted by atomic mass is 35.7. The van der Waals surface area contributed by atoms with Crippen molar-refractivity contribution in [1.82, 2.24) is 0 Å². The average molecular weight is 285 g/mol. The molecule has 0 unspecified atom stereocenters. The topological polar surface area (TPSA) is 34.1 Å². The molecule has 0 N–H and O–H groups in total. The van der Waals surface area contributed by atoms with E-state index in [9.17, 15) is 12.8 Å². The molecule has 0 radical (unpaired) electrons. The Hall–Kier alpha value is -0.360. The zero-order valence-corrected chi connectivity index (χ0v) is 10.1. The normalized spacial score (nSPS) is 12.2. The highest BCUT2D eigenvalue weighted by molar-refractivity contribution is 8.15. The molecule has 0 bridgehead atoms. The molecule has 0 aliphatic heterocycles. The fourth-order valence-corrected chi connectivity index (χ4v) is 3.53. The van der Waals surface area contributed by atoms with Gasteiger partial charge in [-0.1, -0.05) is 11.6 Å². The summed E-state index contributed by atoms with van der Waals surface area (Å²) in [5.74, 6) is -0.583. The molecule has 0 spiro atoms. The molecule has 1 aromatic carbocycles. The Morgan fingerprint density at radius 2 is 1.93 bits per heavy atom. The number of benzene rings is 1. The molecular formula is C8H3Cl2FO2S2. The fourth-order valence-electron chi connectivity index (χ4n) is 1.13. The second-order valence-corrected chi connectivity index (χ2v) is 7.09. The third-order valence-electron chi connectivity index (χ3n) is 1.78. The molecule has 1 aromatic heterocycles. The second kappa shape index (κ2) is 3.59. The Balaban J connectivity index is 2.77. The smallest absolute Gasteiger partial charge is 0.206 e. The van der Waals surface area contributed by atoms with Gasteiger partial charge >= 0.3 is 0 Å². The number of hydrogen-bond donors (Lipinski definition) is 0. The molecule has 0 atom stereocenters. The van der Waals surface area contributed by atoms with Crippen molar-refractivity contribution >= 4 is 52.8 Å². The van der Waals surface area contributed by atoms with Gasteiger partial charge < -0.3 is 0 Å². The summed E-state index contributed by atoms with van der Waals surface area (Å²) in [7, 11) is 1.40. The maximum absolute atomic E-state index is 13.0. The molecule has 1 heterocycles. The van der Waals surface area contributed by atoms with Crippen LogP contribution in [0.15, 0.2) is 22.4 Å². The summed E-state index contributed by atoms with van der Waals surface area (Å²) in [4.78, 5) is 0. The monoisotopic (exact) mass is 284 g/mol. The summed E-state index contributed by atoms with van der Waals surface area (Å²) in [6.45, 7) is 0. The van der Waals surface area contributed by atoms with Crippen molar-refractivity contribution in [3.8, 4) is 0 Å². The van der Waals surface area contributed by atoms with Crippen LogP contribution in [0.25, 0.3) is 10.1 Å².